The first kappa shape index (κ1) is 12.1. The van der Waals surface area contributed by atoms with Crippen LogP contribution in [0.2, 0.25) is 0 Å². The summed E-state index contributed by atoms with van der Waals surface area (Å²) < 4.78 is 4.94. The SMILES string of the molecule is COc1ccc(NCCCC(N)=NO)cn1. The molecule has 0 amide bonds. The van der Waals surface area contributed by atoms with Gasteiger partial charge in [-0.1, -0.05) is 5.16 Å². The zero-order valence-corrected chi connectivity index (χ0v) is 9.18. The number of aromatic nitrogens is 1. The van der Waals surface area contributed by atoms with Crippen LogP contribution in [-0.2, 0) is 0 Å². The molecule has 0 radical (unpaired) electrons. The van der Waals surface area contributed by atoms with Gasteiger partial charge in [-0.25, -0.2) is 4.98 Å². The van der Waals surface area contributed by atoms with Gasteiger partial charge in [-0.3, -0.25) is 0 Å². The lowest BCUT2D eigenvalue weighted by Gasteiger charge is -2.05. The van der Waals surface area contributed by atoms with E-state index < -0.39 is 0 Å². The molecule has 0 saturated carbocycles. The number of hydrogen-bond donors (Lipinski definition) is 3. The molecule has 0 aromatic carbocycles. The Hall–Kier alpha value is -1.98. The molecule has 0 fully saturated rings. The van der Waals surface area contributed by atoms with Gasteiger partial charge in [0.2, 0.25) is 5.88 Å². The predicted octanol–water partition coefficient (Wildman–Crippen LogP) is 1.03. The van der Waals surface area contributed by atoms with Gasteiger partial charge in [0.05, 0.1) is 19.0 Å². The van der Waals surface area contributed by atoms with E-state index in [2.05, 4.69) is 15.5 Å². The van der Waals surface area contributed by atoms with Crippen LogP contribution in [0.4, 0.5) is 5.69 Å². The fourth-order valence-corrected chi connectivity index (χ4v) is 1.16. The van der Waals surface area contributed by atoms with Crippen molar-refractivity contribution in [1.82, 2.24) is 4.98 Å². The molecule has 1 aromatic rings. The van der Waals surface area contributed by atoms with Crippen LogP contribution in [0.5, 0.6) is 5.88 Å². The number of nitrogens with two attached hydrogens (primary N) is 1. The molecule has 0 aliphatic heterocycles. The number of nitrogens with one attached hydrogen (secondary N) is 1. The van der Waals surface area contributed by atoms with Crippen LogP contribution >= 0.6 is 0 Å². The summed E-state index contributed by atoms with van der Waals surface area (Å²) in [7, 11) is 1.58. The van der Waals surface area contributed by atoms with E-state index in [-0.39, 0.29) is 5.84 Å². The molecule has 88 valence electrons. The van der Waals surface area contributed by atoms with E-state index in [0.717, 1.165) is 18.7 Å². The molecule has 4 N–H and O–H groups in total. The minimum absolute atomic E-state index is 0.245. The van der Waals surface area contributed by atoms with Crippen LogP contribution in [0.1, 0.15) is 12.8 Å². The van der Waals surface area contributed by atoms with Gasteiger partial charge in [-0.05, 0) is 12.5 Å². The fraction of sp³-hybridized carbons (Fsp3) is 0.400. The summed E-state index contributed by atoms with van der Waals surface area (Å²) in [6.45, 7) is 0.740. The van der Waals surface area contributed by atoms with Crippen molar-refractivity contribution < 1.29 is 9.94 Å². The van der Waals surface area contributed by atoms with Gasteiger partial charge in [0.25, 0.3) is 0 Å². The molecule has 0 bridgehead atoms. The van der Waals surface area contributed by atoms with Gasteiger partial charge >= 0.3 is 0 Å². The fourth-order valence-electron chi connectivity index (χ4n) is 1.16. The maximum absolute atomic E-state index is 8.33. The highest BCUT2D eigenvalue weighted by Gasteiger charge is 1.96. The minimum Gasteiger partial charge on any atom is -0.481 e. The van der Waals surface area contributed by atoms with Crippen LogP contribution in [0.25, 0.3) is 0 Å². The molecule has 1 rings (SSSR count). The van der Waals surface area contributed by atoms with Gasteiger partial charge in [-0.2, -0.15) is 0 Å². The summed E-state index contributed by atoms with van der Waals surface area (Å²) in [6, 6.07) is 3.67. The highest BCUT2D eigenvalue weighted by Crippen LogP contribution is 2.10. The van der Waals surface area contributed by atoms with Crippen molar-refractivity contribution in [2.24, 2.45) is 10.9 Å². The van der Waals surface area contributed by atoms with E-state index in [0.29, 0.717) is 12.3 Å². The molecular weight excluding hydrogens is 208 g/mol. The average molecular weight is 224 g/mol. The van der Waals surface area contributed by atoms with Crippen molar-refractivity contribution in [3.63, 3.8) is 0 Å². The van der Waals surface area contributed by atoms with E-state index >= 15 is 0 Å². The van der Waals surface area contributed by atoms with Gasteiger partial charge in [0.1, 0.15) is 5.84 Å². The number of pyridine rings is 1. The number of anilines is 1. The number of amidine groups is 1. The minimum atomic E-state index is 0.245. The molecule has 0 atom stereocenters. The van der Waals surface area contributed by atoms with Gasteiger partial charge in [0, 0.05) is 19.0 Å². The smallest absolute Gasteiger partial charge is 0.213 e. The van der Waals surface area contributed by atoms with E-state index in [4.69, 9.17) is 15.7 Å². The highest BCUT2D eigenvalue weighted by molar-refractivity contribution is 5.79. The largest absolute Gasteiger partial charge is 0.481 e. The number of methoxy groups -OCH3 is 1. The Labute approximate surface area is 94.1 Å². The summed E-state index contributed by atoms with van der Waals surface area (Å²) in [5.41, 5.74) is 6.25. The van der Waals surface area contributed by atoms with Crippen molar-refractivity contribution in [2.75, 3.05) is 19.0 Å². The second-order valence-electron chi connectivity index (χ2n) is 3.21. The Morgan fingerprint density at radius 3 is 3.00 bits per heavy atom. The molecule has 0 unspecified atom stereocenters. The summed E-state index contributed by atoms with van der Waals surface area (Å²) in [5.74, 6) is 0.830. The van der Waals surface area contributed by atoms with Crippen molar-refractivity contribution >= 4 is 11.5 Å². The first-order valence-corrected chi connectivity index (χ1v) is 4.96. The number of ether oxygens (including phenoxy) is 1. The molecule has 0 aliphatic carbocycles. The first-order chi connectivity index (χ1) is 7.76. The molecule has 0 aliphatic rings. The van der Waals surface area contributed by atoms with Crippen molar-refractivity contribution in [1.29, 1.82) is 0 Å². The molecule has 0 spiro atoms. The Bertz CT molecular complexity index is 337. The van der Waals surface area contributed by atoms with Gasteiger partial charge < -0.3 is 21.0 Å². The summed E-state index contributed by atoms with van der Waals surface area (Å²) >= 11 is 0. The Balaban J connectivity index is 2.26. The Kier molecular flexibility index (Phi) is 4.91. The number of rotatable bonds is 6. The van der Waals surface area contributed by atoms with Crippen LogP contribution in [-0.4, -0.2) is 29.7 Å². The van der Waals surface area contributed by atoms with E-state index in [1.54, 1.807) is 19.4 Å². The zero-order chi connectivity index (χ0) is 11.8. The average Bonchev–Trinajstić information content (AvgIpc) is 2.35. The van der Waals surface area contributed by atoms with Gasteiger partial charge in [-0.15, -0.1) is 0 Å². The first-order valence-electron chi connectivity index (χ1n) is 4.96. The van der Waals surface area contributed by atoms with Gasteiger partial charge in [0.15, 0.2) is 0 Å². The molecular formula is C10H16N4O2. The molecule has 0 saturated heterocycles. The van der Waals surface area contributed by atoms with Crippen molar-refractivity contribution in [3.8, 4) is 5.88 Å². The maximum atomic E-state index is 8.33. The quantitative estimate of drug-likeness (QED) is 0.221. The van der Waals surface area contributed by atoms with Crippen LogP contribution < -0.4 is 15.8 Å². The third-order valence-corrected chi connectivity index (χ3v) is 2.01. The Morgan fingerprint density at radius 2 is 2.44 bits per heavy atom. The zero-order valence-electron chi connectivity index (χ0n) is 9.18. The number of oxime groups is 1. The van der Waals surface area contributed by atoms with Crippen LogP contribution in [0.15, 0.2) is 23.5 Å². The van der Waals surface area contributed by atoms with E-state index in [1.807, 2.05) is 6.07 Å². The number of nitrogens with zero attached hydrogens (tertiary/aromatic N) is 2. The summed E-state index contributed by atoms with van der Waals surface area (Å²) in [4.78, 5) is 4.05. The normalized spacial score (nSPS) is 11.2. The predicted molar refractivity (Wildman–Crippen MR) is 61.9 cm³/mol. The second-order valence-corrected chi connectivity index (χ2v) is 3.21. The topological polar surface area (TPSA) is 92.8 Å². The third kappa shape index (κ3) is 4.04. The Morgan fingerprint density at radius 1 is 1.62 bits per heavy atom. The lowest BCUT2D eigenvalue weighted by molar-refractivity contribution is 0.316. The van der Waals surface area contributed by atoms with Crippen molar-refractivity contribution in [2.45, 2.75) is 12.8 Å². The molecule has 6 heteroatoms. The third-order valence-electron chi connectivity index (χ3n) is 2.01. The molecule has 6 nitrogen and oxygen atoms in total. The standard InChI is InChI=1S/C10H16N4O2/c1-16-10-5-4-8(7-13-10)12-6-2-3-9(11)14-15/h4-5,7,12,15H,2-3,6H2,1H3,(H2,11,14). The van der Waals surface area contributed by atoms with Crippen LogP contribution in [0, 0.1) is 0 Å². The highest BCUT2D eigenvalue weighted by atomic mass is 16.5. The monoisotopic (exact) mass is 224 g/mol. The van der Waals surface area contributed by atoms with E-state index in [9.17, 15) is 0 Å². The van der Waals surface area contributed by atoms with E-state index in [1.165, 1.54) is 0 Å². The van der Waals surface area contributed by atoms with Crippen molar-refractivity contribution in [3.05, 3.63) is 18.3 Å². The maximum Gasteiger partial charge on any atom is 0.213 e. The number of hydrogen-bond acceptors (Lipinski definition) is 5. The molecule has 1 aromatic heterocycles. The molecule has 1 heterocycles. The lowest BCUT2D eigenvalue weighted by Crippen LogP contribution is -2.13. The lowest BCUT2D eigenvalue weighted by atomic mass is 10.3. The molecule has 16 heavy (non-hydrogen) atoms. The summed E-state index contributed by atoms with van der Waals surface area (Å²) in [5, 5.41) is 14.4. The van der Waals surface area contributed by atoms with Crippen LogP contribution in [0.3, 0.4) is 0 Å². The second kappa shape index (κ2) is 6.49. The summed E-state index contributed by atoms with van der Waals surface area (Å²) in [6.07, 6.45) is 3.05.